The number of hydrogen-bond donors (Lipinski definition) is 7. The number of nitrogens with two attached hydrogens (primary N) is 1. The Kier molecular flexibility index (Phi) is 21.0. The van der Waals surface area contributed by atoms with E-state index in [4.69, 9.17) is 20.7 Å². The van der Waals surface area contributed by atoms with Gasteiger partial charge < -0.3 is 51.9 Å². The van der Waals surface area contributed by atoms with E-state index in [0.717, 1.165) is 35.0 Å². The van der Waals surface area contributed by atoms with Crippen molar-refractivity contribution in [3.63, 3.8) is 0 Å². The number of carbonyl (C=O) groups is 8. The first-order chi connectivity index (χ1) is 28.8. The van der Waals surface area contributed by atoms with Crippen molar-refractivity contribution in [3.8, 4) is 0 Å². The molecule has 8 amide bonds. The van der Waals surface area contributed by atoms with Crippen molar-refractivity contribution in [3.05, 3.63) is 95.1 Å². The number of nitro benzene ring substituents is 1. The normalized spacial score (nSPS) is 13.0. The van der Waals surface area contributed by atoms with Crippen molar-refractivity contribution in [1.82, 2.24) is 30.7 Å². The predicted octanol–water partition coefficient (Wildman–Crippen LogP) is 2.29. The second kappa shape index (κ2) is 25.5. The number of carbonyl (C=O) groups excluding carboxylic acids is 7. The Labute approximate surface area is 355 Å². The lowest BCUT2D eigenvalue weighted by molar-refractivity contribution is -0.384. The summed E-state index contributed by atoms with van der Waals surface area (Å²) in [6, 6.07) is 10.4. The van der Waals surface area contributed by atoms with Crippen molar-refractivity contribution >= 4 is 70.8 Å². The largest absolute Gasteiger partial charge is 0.503 e. The minimum absolute atomic E-state index is 0.00427. The summed E-state index contributed by atoms with van der Waals surface area (Å²) in [6.07, 6.45) is 1.31. The third-order valence-corrected chi connectivity index (χ3v) is 9.65. The van der Waals surface area contributed by atoms with E-state index in [-0.39, 0.29) is 68.4 Å². The fraction of sp³-hybridized carbons (Fsp3) is 0.385. The molecule has 8 N–H and O–H groups in total. The first-order valence-corrected chi connectivity index (χ1v) is 19.9. The highest BCUT2D eigenvalue weighted by Gasteiger charge is 2.31. The van der Waals surface area contributed by atoms with E-state index in [0.29, 0.717) is 18.5 Å². The summed E-state index contributed by atoms with van der Waals surface area (Å²) in [4.78, 5) is 112. The molecule has 0 bridgehead atoms. The topological polar surface area (TPSA) is 304 Å². The fourth-order valence-electron chi connectivity index (χ4n) is 5.63. The number of non-ortho nitro benzene ring substituents is 1. The van der Waals surface area contributed by atoms with E-state index in [1.807, 2.05) is 0 Å². The summed E-state index contributed by atoms with van der Waals surface area (Å²) in [5.74, 6) is -3.01. The van der Waals surface area contributed by atoms with Crippen LogP contribution in [0.15, 0.2) is 73.8 Å². The minimum atomic E-state index is -1.83. The Bertz CT molecular complexity index is 1880. The molecule has 0 aromatic heterocycles. The Morgan fingerprint density at radius 1 is 0.852 bits per heavy atom. The molecule has 0 unspecified atom stereocenters. The number of urea groups is 1. The molecule has 1 aliphatic heterocycles. The number of anilines is 1. The van der Waals surface area contributed by atoms with Gasteiger partial charge in [0.1, 0.15) is 12.1 Å². The van der Waals surface area contributed by atoms with Crippen LogP contribution in [0.1, 0.15) is 44.2 Å². The van der Waals surface area contributed by atoms with E-state index in [9.17, 15) is 43.7 Å². The molecule has 1 heterocycles. The summed E-state index contributed by atoms with van der Waals surface area (Å²) >= 11 is 1.16. The van der Waals surface area contributed by atoms with Crippen LogP contribution in [-0.2, 0) is 35.2 Å². The highest BCUT2D eigenvalue weighted by atomic mass is 32.2. The van der Waals surface area contributed by atoms with E-state index < -0.39 is 58.7 Å². The van der Waals surface area contributed by atoms with Crippen molar-refractivity contribution in [2.75, 3.05) is 43.4 Å². The molecule has 2 aromatic rings. The minimum Gasteiger partial charge on any atom is -0.450 e. The highest BCUT2D eigenvalue weighted by molar-refractivity contribution is 7.99. The third-order valence-electron chi connectivity index (χ3n) is 8.69. The van der Waals surface area contributed by atoms with Gasteiger partial charge in [0.2, 0.25) is 35.4 Å². The molecule has 0 spiro atoms. The van der Waals surface area contributed by atoms with Crippen LogP contribution in [0.5, 0.6) is 0 Å². The van der Waals surface area contributed by atoms with Gasteiger partial charge in [-0.15, -0.1) is 0 Å². The number of nitro groups is 1. The molecule has 21 nitrogen and oxygen atoms in total. The van der Waals surface area contributed by atoms with E-state index >= 15 is 0 Å². The van der Waals surface area contributed by atoms with Crippen molar-refractivity contribution in [2.45, 2.75) is 51.6 Å². The maximum Gasteiger partial charge on any atom is 0.503 e. The maximum atomic E-state index is 13.5. The molecule has 0 radical (unpaired) electrons. The number of carboxylic acid groups (broad SMARTS) is 2. The lowest BCUT2D eigenvalue weighted by atomic mass is 10.0. The van der Waals surface area contributed by atoms with Crippen LogP contribution < -0.4 is 27.0 Å². The van der Waals surface area contributed by atoms with Crippen molar-refractivity contribution in [2.24, 2.45) is 11.7 Å². The van der Waals surface area contributed by atoms with Crippen molar-refractivity contribution in [1.29, 1.82) is 0 Å². The lowest BCUT2D eigenvalue weighted by Gasteiger charge is -2.41. The number of hydrogen-bond acceptors (Lipinski definition) is 11. The number of benzene rings is 2. The average molecular weight is 870 g/mol. The molecular weight excluding hydrogens is 819 g/mol. The fourth-order valence-corrected chi connectivity index (χ4v) is 6.37. The molecular formula is C39H51N9O12S. The van der Waals surface area contributed by atoms with Crippen LogP contribution >= 0.6 is 11.8 Å². The first kappa shape index (κ1) is 50.2. The summed E-state index contributed by atoms with van der Waals surface area (Å²) in [5.41, 5.74) is 7.38. The van der Waals surface area contributed by atoms with Crippen LogP contribution in [0.4, 0.5) is 21.0 Å². The molecule has 2 aromatic carbocycles. The molecule has 0 saturated carbocycles. The number of amides is 8. The van der Waals surface area contributed by atoms with Crippen molar-refractivity contribution < 1.29 is 53.5 Å². The van der Waals surface area contributed by atoms with Gasteiger partial charge in [-0.3, -0.25) is 38.9 Å². The first-order valence-electron chi connectivity index (χ1n) is 18.7. The molecule has 61 heavy (non-hydrogen) atoms. The monoisotopic (exact) mass is 869 g/mol. The number of primary amides is 1. The van der Waals surface area contributed by atoms with Crippen LogP contribution in [0.3, 0.4) is 0 Å². The summed E-state index contributed by atoms with van der Waals surface area (Å²) in [7, 11) is 0. The second-order valence-electron chi connectivity index (χ2n) is 13.7. The predicted molar refractivity (Wildman–Crippen MR) is 225 cm³/mol. The molecule has 1 aliphatic rings. The number of nitrogens with one attached hydrogen (secondary N) is 4. The zero-order valence-corrected chi connectivity index (χ0v) is 34.6. The summed E-state index contributed by atoms with van der Waals surface area (Å²) in [6.45, 7) is 10.5. The zero-order valence-electron chi connectivity index (χ0n) is 33.7. The molecule has 1 fully saturated rings. The number of rotatable bonds is 20. The number of nitrogens with zero attached hydrogens (tertiary/aromatic N) is 4. The van der Waals surface area contributed by atoms with Crippen LogP contribution in [0.2, 0.25) is 0 Å². The van der Waals surface area contributed by atoms with Gasteiger partial charge in [0.25, 0.3) is 5.69 Å². The van der Waals surface area contributed by atoms with Gasteiger partial charge in [-0.2, -0.15) is 11.8 Å². The molecule has 330 valence electrons. The van der Waals surface area contributed by atoms with Gasteiger partial charge in [0, 0.05) is 36.5 Å². The Morgan fingerprint density at radius 2 is 1.38 bits per heavy atom. The SMILES string of the molecule is C=CC(=O)N1CN(C(=O)C=C)CN(C(=O)CCSCC(=O)N[C@H](C(=O)N[C@@H](CCCNC(N)=O)C(=O)Nc2ccc(Cc3ccc([N+](=O)[O-])cc3)cc2)C(C)C)C1.O=C(O)O. The molecule has 1 saturated heterocycles. The van der Waals surface area contributed by atoms with E-state index in [2.05, 4.69) is 34.4 Å². The van der Waals surface area contributed by atoms with Gasteiger partial charge in [-0.1, -0.05) is 51.3 Å². The van der Waals surface area contributed by atoms with Crippen LogP contribution in [0.25, 0.3) is 0 Å². The third kappa shape index (κ3) is 18.2. The standard InChI is InChI=1S/C38H49N9O9S.CH2O3/c1-5-32(49)44-22-45(33(50)6-2)24-46(23-44)34(51)17-19-57-21-31(48)43-35(25(3)4)37(53)42-30(8-7-18-40-38(39)54)36(52)41-28-13-9-26(10-14-28)20-27-11-15-29(16-12-27)47(55)56;2-1(3)4/h5-6,9-16,25,30,35H,1-2,7-8,17-24H2,3-4H3,(H,41,52)(H,42,53)(H,43,48)(H3,39,40,54);(H2,2,3,4)/t30-,35-;/m0./s1. The smallest absolute Gasteiger partial charge is 0.450 e. The van der Waals surface area contributed by atoms with Gasteiger partial charge in [0.05, 0.1) is 30.7 Å². The van der Waals surface area contributed by atoms with E-state index in [1.165, 1.54) is 26.8 Å². The maximum absolute atomic E-state index is 13.5. The Hall–Kier alpha value is -6.97. The lowest BCUT2D eigenvalue weighted by Crippen LogP contribution is -2.59. The second-order valence-corrected chi connectivity index (χ2v) is 14.8. The molecule has 2 atom stereocenters. The van der Waals surface area contributed by atoms with Gasteiger partial charge >= 0.3 is 12.2 Å². The molecule has 3 rings (SSSR count). The summed E-state index contributed by atoms with van der Waals surface area (Å²) in [5, 5.41) is 35.6. The van der Waals surface area contributed by atoms with Gasteiger partial charge in [0.15, 0.2) is 0 Å². The zero-order chi connectivity index (χ0) is 45.6. The number of thioether (sulfide) groups is 1. The van der Waals surface area contributed by atoms with Gasteiger partial charge in [-0.25, -0.2) is 9.59 Å². The Balaban J connectivity index is 0.00000306. The van der Waals surface area contributed by atoms with Crippen LogP contribution in [-0.4, -0.2) is 128 Å². The highest BCUT2D eigenvalue weighted by Crippen LogP contribution is 2.18. The Morgan fingerprint density at radius 3 is 1.87 bits per heavy atom. The average Bonchev–Trinajstić information content (AvgIpc) is 3.22. The van der Waals surface area contributed by atoms with Gasteiger partial charge in [-0.05, 0) is 60.6 Å². The van der Waals surface area contributed by atoms with E-state index in [1.54, 1.807) is 50.2 Å². The molecule has 0 aliphatic carbocycles. The van der Waals surface area contributed by atoms with Crippen LogP contribution in [0, 0.1) is 16.0 Å². The molecule has 22 heteroatoms. The summed E-state index contributed by atoms with van der Waals surface area (Å²) < 4.78 is 0. The quantitative estimate of drug-likeness (QED) is 0.0436.